The Balaban J connectivity index is 1.88. The van der Waals surface area contributed by atoms with Crippen LogP contribution in [0.15, 0.2) is 24.3 Å². The molecule has 0 aliphatic carbocycles. The number of amides is 1. The zero-order chi connectivity index (χ0) is 15.4. The summed E-state index contributed by atoms with van der Waals surface area (Å²) in [4.78, 5) is 24.7. The van der Waals surface area contributed by atoms with Crippen LogP contribution in [0.25, 0.3) is 0 Å². The molecule has 2 rings (SSSR count). The standard InChI is InChI=1S/C14H16ClNO4S/c1-9-16(12(8-21-9)14(18)19)13(17)5-6-20-11-4-2-3-10(15)7-11/h2-4,7,9,12H,5-6,8H2,1H3,(H,18,19). The Morgan fingerprint density at radius 2 is 2.29 bits per heavy atom. The van der Waals surface area contributed by atoms with E-state index in [1.165, 1.54) is 16.7 Å². The lowest BCUT2D eigenvalue weighted by atomic mass is 10.2. The van der Waals surface area contributed by atoms with Gasteiger partial charge in [-0.1, -0.05) is 17.7 Å². The Hall–Kier alpha value is -1.40. The first-order chi connectivity index (χ1) is 9.99. The third kappa shape index (κ3) is 4.04. The van der Waals surface area contributed by atoms with Gasteiger partial charge in [0.15, 0.2) is 0 Å². The van der Waals surface area contributed by atoms with Gasteiger partial charge in [-0.15, -0.1) is 11.8 Å². The normalized spacial score (nSPS) is 21.3. The van der Waals surface area contributed by atoms with E-state index < -0.39 is 12.0 Å². The Morgan fingerprint density at radius 3 is 2.95 bits per heavy atom. The number of aliphatic carboxylic acids is 1. The monoisotopic (exact) mass is 329 g/mol. The maximum absolute atomic E-state index is 12.2. The molecular formula is C14H16ClNO4S. The molecule has 1 aliphatic heterocycles. The minimum atomic E-state index is -0.962. The van der Waals surface area contributed by atoms with Gasteiger partial charge in [-0.05, 0) is 25.1 Å². The highest BCUT2D eigenvalue weighted by Gasteiger charge is 2.38. The molecule has 1 aromatic carbocycles. The second kappa shape index (κ2) is 7.04. The molecule has 0 radical (unpaired) electrons. The Labute approximate surface area is 132 Å². The van der Waals surface area contributed by atoms with Crippen molar-refractivity contribution in [2.75, 3.05) is 12.4 Å². The van der Waals surface area contributed by atoms with Gasteiger partial charge in [0, 0.05) is 10.8 Å². The van der Waals surface area contributed by atoms with Crippen LogP contribution in [0.1, 0.15) is 13.3 Å². The van der Waals surface area contributed by atoms with Crippen LogP contribution in [0, 0.1) is 0 Å². The molecule has 1 aliphatic rings. The third-order valence-corrected chi connectivity index (χ3v) is 4.63. The molecule has 0 bridgehead atoms. The summed E-state index contributed by atoms with van der Waals surface area (Å²) in [6.07, 6.45) is 0.140. The largest absolute Gasteiger partial charge is 0.493 e. The molecule has 1 saturated heterocycles. The van der Waals surface area contributed by atoms with Gasteiger partial charge in [-0.2, -0.15) is 0 Å². The third-order valence-electron chi connectivity index (χ3n) is 3.18. The van der Waals surface area contributed by atoms with Crippen molar-refractivity contribution in [3.05, 3.63) is 29.3 Å². The number of carboxylic acid groups (broad SMARTS) is 1. The molecule has 1 aromatic rings. The molecule has 0 saturated carbocycles. The fourth-order valence-corrected chi connectivity index (χ4v) is 3.52. The summed E-state index contributed by atoms with van der Waals surface area (Å²) in [6.45, 7) is 2.03. The lowest BCUT2D eigenvalue weighted by Crippen LogP contribution is -2.45. The van der Waals surface area contributed by atoms with Crippen LogP contribution in [0.5, 0.6) is 5.75 Å². The van der Waals surface area contributed by atoms with Crippen molar-refractivity contribution >= 4 is 35.2 Å². The van der Waals surface area contributed by atoms with Crippen LogP contribution in [0.3, 0.4) is 0 Å². The van der Waals surface area contributed by atoms with Crippen molar-refractivity contribution < 1.29 is 19.4 Å². The molecule has 1 heterocycles. The van der Waals surface area contributed by atoms with Crippen LogP contribution >= 0.6 is 23.4 Å². The smallest absolute Gasteiger partial charge is 0.327 e. The molecule has 1 fully saturated rings. The minimum absolute atomic E-state index is 0.121. The lowest BCUT2D eigenvalue weighted by Gasteiger charge is -2.25. The molecular weight excluding hydrogens is 314 g/mol. The predicted octanol–water partition coefficient (Wildman–Crippen LogP) is 2.48. The number of rotatable bonds is 5. The summed E-state index contributed by atoms with van der Waals surface area (Å²) in [5.41, 5.74) is 0. The lowest BCUT2D eigenvalue weighted by molar-refractivity contribution is -0.149. The topological polar surface area (TPSA) is 66.8 Å². The summed E-state index contributed by atoms with van der Waals surface area (Å²) >= 11 is 7.31. The zero-order valence-electron chi connectivity index (χ0n) is 11.5. The highest BCUT2D eigenvalue weighted by atomic mass is 35.5. The van der Waals surface area contributed by atoms with Crippen molar-refractivity contribution in [2.45, 2.75) is 24.8 Å². The highest BCUT2D eigenvalue weighted by Crippen LogP contribution is 2.29. The van der Waals surface area contributed by atoms with E-state index in [1.807, 2.05) is 6.92 Å². The summed E-state index contributed by atoms with van der Waals surface area (Å²) < 4.78 is 5.46. The van der Waals surface area contributed by atoms with E-state index in [4.69, 9.17) is 21.4 Å². The Kier molecular flexibility index (Phi) is 5.36. The van der Waals surface area contributed by atoms with E-state index in [1.54, 1.807) is 24.3 Å². The van der Waals surface area contributed by atoms with E-state index in [0.29, 0.717) is 16.5 Å². The predicted molar refractivity (Wildman–Crippen MR) is 81.8 cm³/mol. The van der Waals surface area contributed by atoms with Crippen molar-refractivity contribution in [1.82, 2.24) is 4.90 Å². The van der Waals surface area contributed by atoms with Crippen molar-refractivity contribution in [1.29, 1.82) is 0 Å². The number of benzene rings is 1. The molecule has 21 heavy (non-hydrogen) atoms. The van der Waals surface area contributed by atoms with E-state index in [-0.39, 0.29) is 24.3 Å². The maximum Gasteiger partial charge on any atom is 0.327 e. The highest BCUT2D eigenvalue weighted by molar-refractivity contribution is 8.00. The summed E-state index contributed by atoms with van der Waals surface area (Å²) in [7, 11) is 0. The Bertz CT molecular complexity index is 539. The minimum Gasteiger partial charge on any atom is -0.493 e. The number of carboxylic acids is 1. The Morgan fingerprint density at radius 1 is 1.52 bits per heavy atom. The van der Waals surface area contributed by atoms with E-state index >= 15 is 0 Å². The van der Waals surface area contributed by atoms with Gasteiger partial charge >= 0.3 is 5.97 Å². The molecule has 1 N–H and O–H groups in total. The fraction of sp³-hybridized carbons (Fsp3) is 0.429. The van der Waals surface area contributed by atoms with Gasteiger partial charge in [-0.25, -0.2) is 4.79 Å². The average Bonchev–Trinajstić information content (AvgIpc) is 2.81. The van der Waals surface area contributed by atoms with Gasteiger partial charge < -0.3 is 14.7 Å². The van der Waals surface area contributed by atoms with Gasteiger partial charge in [0.1, 0.15) is 11.8 Å². The zero-order valence-corrected chi connectivity index (χ0v) is 13.1. The number of hydrogen-bond donors (Lipinski definition) is 1. The number of ether oxygens (including phenoxy) is 1. The summed E-state index contributed by atoms with van der Waals surface area (Å²) in [5, 5.41) is 9.57. The average molecular weight is 330 g/mol. The molecule has 0 spiro atoms. The van der Waals surface area contributed by atoms with Crippen LogP contribution in [-0.4, -0.2) is 45.7 Å². The second-order valence-corrected chi connectivity index (χ2v) is 6.43. The van der Waals surface area contributed by atoms with Crippen LogP contribution in [0.4, 0.5) is 0 Å². The van der Waals surface area contributed by atoms with Gasteiger partial charge in [0.2, 0.25) is 5.91 Å². The van der Waals surface area contributed by atoms with Crippen LogP contribution in [-0.2, 0) is 9.59 Å². The molecule has 0 aromatic heterocycles. The van der Waals surface area contributed by atoms with Gasteiger partial charge in [0.05, 0.1) is 18.4 Å². The van der Waals surface area contributed by atoms with E-state index in [0.717, 1.165) is 0 Å². The van der Waals surface area contributed by atoms with E-state index in [2.05, 4.69) is 0 Å². The molecule has 5 nitrogen and oxygen atoms in total. The van der Waals surface area contributed by atoms with Crippen LogP contribution in [0.2, 0.25) is 5.02 Å². The quantitative estimate of drug-likeness (QED) is 0.899. The first kappa shape index (κ1) is 16.0. The number of carbonyl (C=O) groups is 2. The number of carbonyl (C=O) groups excluding carboxylic acids is 1. The van der Waals surface area contributed by atoms with Crippen LogP contribution < -0.4 is 4.74 Å². The first-order valence-electron chi connectivity index (χ1n) is 6.53. The fourth-order valence-electron chi connectivity index (χ4n) is 2.15. The van der Waals surface area contributed by atoms with Crippen molar-refractivity contribution in [3.8, 4) is 5.75 Å². The maximum atomic E-state index is 12.2. The molecule has 114 valence electrons. The van der Waals surface area contributed by atoms with Gasteiger partial charge in [-0.3, -0.25) is 4.79 Å². The molecule has 2 atom stereocenters. The summed E-state index contributed by atoms with van der Waals surface area (Å²) in [5.74, 6) is -0.149. The van der Waals surface area contributed by atoms with E-state index in [9.17, 15) is 9.59 Å². The van der Waals surface area contributed by atoms with Crippen molar-refractivity contribution in [3.63, 3.8) is 0 Å². The van der Waals surface area contributed by atoms with Crippen molar-refractivity contribution in [2.24, 2.45) is 0 Å². The molecule has 1 amide bonds. The first-order valence-corrected chi connectivity index (χ1v) is 7.95. The molecule has 2 unspecified atom stereocenters. The van der Waals surface area contributed by atoms with Gasteiger partial charge in [0.25, 0.3) is 0 Å². The summed E-state index contributed by atoms with van der Waals surface area (Å²) in [6, 6.07) is 6.17. The SMILES string of the molecule is CC1SCC(C(=O)O)N1C(=O)CCOc1cccc(Cl)c1. The number of hydrogen-bond acceptors (Lipinski definition) is 4. The number of thioether (sulfide) groups is 1. The second-order valence-electron chi connectivity index (χ2n) is 4.64. The number of nitrogens with zero attached hydrogens (tertiary/aromatic N) is 1. The molecule has 7 heteroatoms. The number of halogens is 1.